The first kappa shape index (κ1) is 21.3. The van der Waals surface area contributed by atoms with E-state index in [1.54, 1.807) is 24.4 Å². The SMILES string of the molecule is O=C1CCc2c(Oc3ccc4c(c3)C3C(NC(=O)Nc5ccc(F)c(F)c5F)C3O4)ccnc2N1. The van der Waals surface area contributed by atoms with E-state index in [0.717, 1.165) is 23.3 Å². The van der Waals surface area contributed by atoms with Gasteiger partial charge in [0.15, 0.2) is 17.5 Å². The number of carbonyl (C=O) groups excluding carboxylic acids is 2. The van der Waals surface area contributed by atoms with E-state index in [1.807, 2.05) is 6.07 Å². The first-order chi connectivity index (χ1) is 16.9. The van der Waals surface area contributed by atoms with E-state index in [1.165, 1.54) is 0 Å². The van der Waals surface area contributed by atoms with Crippen LogP contribution in [-0.2, 0) is 11.2 Å². The molecule has 2 aromatic carbocycles. The van der Waals surface area contributed by atoms with Crippen molar-refractivity contribution in [2.45, 2.75) is 30.9 Å². The summed E-state index contributed by atoms with van der Waals surface area (Å²) in [5, 5.41) is 7.60. The first-order valence-electron chi connectivity index (χ1n) is 10.9. The summed E-state index contributed by atoms with van der Waals surface area (Å²) in [4.78, 5) is 28.1. The molecule has 35 heavy (non-hydrogen) atoms. The van der Waals surface area contributed by atoms with E-state index < -0.39 is 29.2 Å². The lowest BCUT2D eigenvalue weighted by Crippen LogP contribution is -2.34. The predicted octanol–water partition coefficient (Wildman–Crippen LogP) is 4.22. The normalized spacial score (nSPS) is 21.1. The van der Waals surface area contributed by atoms with Crippen LogP contribution in [-0.4, -0.2) is 29.1 Å². The number of aromatic nitrogens is 1. The van der Waals surface area contributed by atoms with Gasteiger partial charge in [-0.25, -0.2) is 22.9 Å². The minimum absolute atomic E-state index is 0.0912. The van der Waals surface area contributed by atoms with Crippen molar-refractivity contribution in [1.82, 2.24) is 10.3 Å². The van der Waals surface area contributed by atoms with Crippen molar-refractivity contribution in [3.63, 3.8) is 0 Å². The van der Waals surface area contributed by atoms with Gasteiger partial charge in [0.1, 0.15) is 29.2 Å². The predicted molar refractivity (Wildman–Crippen MR) is 117 cm³/mol. The van der Waals surface area contributed by atoms with Crippen molar-refractivity contribution in [3.05, 3.63) is 71.2 Å². The fraction of sp³-hybridized carbons (Fsp3) is 0.208. The third-order valence-corrected chi connectivity index (χ3v) is 6.24. The Kier molecular flexibility index (Phi) is 4.80. The summed E-state index contributed by atoms with van der Waals surface area (Å²) in [6.07, 6.45) is 2.12. The van der Waals surface area contributed by atoms with Crippen LogP contribution in [0.1, 0.15) is 23.5 Å². The number of amides is 3. The summed E-state index contributed by atoms with van der Waals surface area (Å²) in [5.41, 5.74) is 1.18. The molecule has 0 bridgehead atoms. The highest BCUT2D eigenvalue weighted by Crippen LogP contribution is 2.54. The number of halogens is 3. The third-order valence-electron chi connectivity index (χ3n) is 6.24. The van der Waals surface area contributed by atoms with Gasteiger partial charge in [0.25, 0.3) is 0 Å². The molecule has 1 saturated carbocycles. The van der Waals surface area contributed by atoms with Gasteiger partial charge in [0, 0.05) is 23.7 Å². The van der Waals surface area contributed by atoms with Gasteiger partial charge in [0.2, 0.25) is 5.91 Å². The van der Waals surface area contributed by atoms with Crippen LogP contribution in [0.25, 0.3) is 0 Å². The minimum atomic E-state index is -1.66. The molecule has 3 unspecified atom stereocenters. The molecule has 178 valence electrons. The van der Waals surface area contributed by atoms with Gasteiger partial charge in [-0.3, -0.25) is 4.79 Å². The molecule has 3 N–H and O–H groups in total. The van der Waals surface area contributed by atoms with Crippen molar-refractivity contribution in [2.75, 3.05) is 10.6 Å². The second-order valence-corrected chi connectivity index (χ2v) is 8.44. The van der Waals surface area contributed by atoms with Crippen molar-refractivity contribution in [3.8, 4) is 17.2 Å². The zero-order valence-electron chi connectivity index (χ0n) is 17.9. The Morgan fingerprint density at radius 2 is 1.97 bits per heavy atom. The Labute approximate surface area is 196 Å². The second-order valence-electron chi connectivity index (χ2n) is 8.44. The molecule has 8 nitrogen and oxygen atoms in total. The van der Waals surface area contributed by atoms with Gasteiger partial charge in [0.05, 0.1) is 17.6 Å². The zero-order chi connectivity index (χ0) is 24.3. The maximum absolute atomic E-state index is 13.8. The lowest BCUT2D eigenvalue weighted by molar-refractivity contribution is -0.116. The van der Waals surface area contributed by atoms with Gasteiger partial charge in [-0.15, -0.1) is 0 Å². The van der Waals surface area contributed by atoms with E-state index >= 15 is 0 Å². The quantitative estimate of drug-likeness (QED) is 0.484. The molecule has 0 saturated heterocycles. The molecule has 0 spiro atoms. The Hall–Kier alpha value is -4.28. The minimum Gasteiger partial charge on any atom is -0.487 e. The maximum Gasteiger partial charge on any atom is 0.319 e. The number of urea groups is 1. The van der Waals surface area contributed by atoms with E-state index in [-0.39, 0.29) is 24.0 Å². The first-order valence-corrected chi connectivity index (χ1v) is 10.9. The Bertz CT molecular complexity index is 1400. The van der Waals surface area contributed by atoms with Gasteiger partial charge >= 0.3 is 6.03 Å². The lowest BCUT2D eigenvalue weighted by atomic mass is 10.1. The molecule has 2 aliphatic heterocycles. The van der Waals surface area contributed by atoms with Gasteiger partial charge < -0.3 is 25.4 Å². The third kappa shape index (κ3) is 3.69. The number of nitrogens with one attached hydrogen (secondary N) is 3. The highest BCUT2D eigenvalue weighted by atomic mass is 19.2. The topological polar surface area (TPSA) is 102 Å². The van der Waals surface area contributed by atoms with E-state index in [2.05, 4.69) is 20.9 Å². The standard InChI is InChI=1S/C24H17F3N4O4/c25-13-3-4-14(20(27)19(13)26)29-24(33)31-21-18-12-9-10(1-5-15(12)35-22(18)21)34-16-7-8-28-23-11(16)2-6-17(32)30-23/h1,3-5,7-9,18,21-22H,2,6H2,(H,28,30,32)(H2,29,31,33). The van der Waals surface area contributed by atoms with Gasteiger partial charge in [-0.1, -0.05) is 0 Å². The average molecular weight is 482 g/mol. The molecule has 11 heteroatoms. The van der Waals surface area contributed by atoms with Crippen LogP contribution in [0.4, 0.5) is 29.5 Å². The molecule has 1 fully saturated rings. The molecule has 1 aromatic heterocycles. The van der Waals surface area contributed by atoms with Crippen LogP contribution in [0.5, 0.6) is 17.2 Å². The van der Waals surface area contributed by atoms with Crippen molar-refractivity contribution < 1.29 is 32.2 Å². The molecule has 6 rings (SSSR count). The van der Waals surface area contributed by atoms with Gasteiger partial charge in [-0.05, 0) is 42.8 Å². The fourth-order valence-electron chi connectivity index (χ4n) is 4.49. The lowest BCUT2D eigenvalue weighted by Gasteiger charge is -2.19. The maximum atomic E-state index is 13.8. The highest BCUT2D eigenvalue weighted by molar-refractivity contribution is 5.93. The molecule has 0 radical (unpaired) electrons. The van der Waals surface area contributed by atoms with Crippen LogP contribution in [0.15, 0.2) is 42.6 Å². The average Bonchev–Trinajstić information content (AvgIpc) is 3.35. The summed E-state index contributed by atoms with van der Waals surface area (Å²) >= 11 is 0. The van der Waals surface area contributed by atoms with Crippen LogP contribution >= 0.6 is 0 Å². The number of carbonyl (C=O) groups is 2. The molecule has 3 aromatic rings. The van der Waals surface area contributed by atoms with Crippen LogP contribution in [0.2, 0.25) is 0 Å². The summed E-state index contributed by atoms with van der Waals surface area (Å²) in [6, 6.07) is 7.62. The summed E-state index contributed by atoms with van der Waals surface area (Å²) in [5.74, 6) is -2.41. The summed E-state index contributed by atoms with van der Waals surface area (Å²) < 4.78 is 52.3. The van der Waals surface area contributed by atoms with E-state index in [0.29, 0.717) is 35.9 Å². The molecular weight excluding hydrogens is 465 g/mol. The number of nitrogens with zero attached hydrogens (tertiary/aromatic N) is 1. The summed E-state index contributed by atoms with van der Waals surface area (Å²) in [6.45, 7) is 0. The smallest absolute Gasteiger partial charge is 0.319 e. The monoisotopic (exact) mass is 482 g/mol. The van der Waals surface area contributed by atoms with Crippen LogP contribution in [0, 0.1) is 17.5 Å². The summed E-state index contributed by atoms with van der Waals surface area (Å²) in [7, 11) is 0. The van der Waals surface area contributed by atoms with Gasteiger partial charge in [-0.2, -0.15) is 0 Å². The second kappa shape index (κ2) is 7.90. The number of anilines is 2. The molecule has 3 aliphatic rings. The number of hydrogen-bond acceptors (Lipinski definition) is 5. The van der Waals surface area contributed by atoms with Crippen molar-refractivity contribution in [2.24, 2.45) is 0 Å². The molecule has 3 heterocycles. The Morgan fingerprint density at radius 1 is 1.11 bits per heavy atom. The largest absolute Gasteiger partial charge is 0.487 e. The van der Waals surface area contributed by atoms with Crippen LogP contribution in [0.3, 0.4) is 0 Å². The molecule has 3 atom stereocenters. The zero-order valence-corrected chi connectivity index (χ0v) is 17.9. The molecule has 3 amide bonds. The number of ether oxygens (including phenoxy) is 2. The number of benzene rings is 2. The Balaban J connectivity index is 1.15. The highest BCUT2D eigenvalue weighted by Gasteiger charge is 2.59. The van der Waals surface area contributed by atoms with Crippen LogP contribution < -0.4 is 25.4 Å². The molecule has 1 aliphatic carbocycles. The van der Waals surface area contributed by atoms with E-state index in [4.69, 9.17) is 9.47 Å². The van der Waals surface area contributed by atoms with Crippen molar-refractivity contribution in [1.29, 1.82) is 0 Å². The number of fused-ring (bicyclic) bond motifs is 4. The number of hydrogen-bond donors (Lipinski definition) is 3. The van der Waals surface area contributed by atoms with E-state index in [9.17, 15) is 22.8 Å². The molecular formula is C24H17F3N4O4. The number of pyridine rings is 1. The Morgan fingerprint density at radius 3 is 2.83 bits per heavy atom. The fourth-order valence-corrected chi connectivity index (χ4v) is 4.49. The van der Waals surface area contributed by atoms with Crippen molar-refractivity contribution >= 4 is 23.4 Å². The number of rotatable bonds is 4.